The molecule has 10 heteroatoms. The molecule has 0 saturated carbocycles. The number of carbonyl (C=O) groups excluding carboxylic acids is 1. The zero-order chi connectivity index (χ0) is 14.6. The number of rotatable bonds is 6. The molecule has 0 aromatic carbocycles. The quantitative estimate of drug-likeness (QED) is 0.706. The van der Waals surface area contributed by atoms with Gasteiger partial charge in [-0.1, -0.05) is 6.92 Å². The van der Waals surface area contributed by atoms with Crippen molar-refractivity contribution in [3.8, 4) is 0 Å². The van der Waals surface area contributed by atoms with Crippen LogP contribution in [0.25, 0.3) is 0 Å². The summed E-state index contributed by atoms with van der Waals surface area (Å²) >= 11 is 0. The fourth-order valence-electron chi connectivity index (χ4n) is 1.04. The van der Waals surface area contributed by atoms with Crippen molar-refractivity contribution in [3.05, 3.63) is 0 Å². The number of alkyl halides is 3. The van der Waals surface area contributed by atoms with Crippen molar-refractivity contribution < 1.29 is 31.1 Å². The van der Waals surface area contributed by atoms with Gasteiger partial charge < -0.3 is 4.74 Å². The SMILES string of the molecule is COC(=O)C(C)CN(C)S(=O)(=O)NCC(F)(F)F. The summed E-state index contributed by atoms with van der Waals surface area (Å²) in [6.45, 7) is -0.534. The fraction of sp³-hybridized carbons (Fsp3) is 0.875. The van der Waals surface area contributed by atoms with Gasteiger partial charge in [0, 0.05) is 13.6 Å². The van der Waals surface area contributed by atoms with Crippen LogP contribution < -0.4 is 4.72 Å². The van der Waals surface area contributed by atoms with E-state index in [1.807, 2.05) is 0 Å². The third kappa shape index (κ3) is 6.17. The van der Waals surface area contributed by atoms with E-state index in [0.717, 1.165) is 14.2 Å². The van der Waals surface area contributed by atoms with Crippen LogP contribution >= 0.6 is 0 Å². The predicted molar refractivity (Wildman–Crippen MR) is 56.8 cm³/mol. The molecule has 1 unspecified atom stereocenters. The molecule has 0 rings (SSSR count). The molecule has 0 aliphatic heterocycles. The Morgan fingerprint density at radius 1 is 1.44 bits per heavy atom. The fourth-order valence-corrected chi connectivity index (χ4v) is 2.03. The van der Waals surface area contributed by atoms with Crippen LogP contribution in [0, 0.1) is 5.92 Å². The topological polar surface area (TPSA) is 75.7 Å². The summed E-state index contributed by atoms with van der Waals surface area (Å²) in [7, 11) is -2.07. The molecule has 108 valence electrons. The number of methoxy groups -OCH3 is 1. The van der Waals surface area contributed by atoms with Crippen molar-refractivity contribution in [3.63, 3.8) is 0 Å². The summed E-state index contributed by atoms with van der Waals surface area (Å²) < 4.78 is 64.8. The van der Waals surface area contributed by atoms with E-state index in [4.69, 9.17) is 0 Å². The lowest BCUT2D eigenvalue weighted by molar-refractivity contribution is -0.145. The van der Waals surface area contributed by atoms with Gasteiger partial charge in [0.15, 0.2) is 0 Å². The molecular weight excluding hydrogens is 277 g/mol. The van der Waals surface area contributed by atoms with E-state index in [1.165, 1.54) is 11.6 Å². The van der Waals surface area contributed by atoms with Crippen LogP contribution in [0.15, 0.2) is 0 Å². The van der Waals surface area contributed by atoms with Crippen LogP contribution in [0.5, 0.6) is 0 Å². The van der Waals surface area contributed by atoms with Crippen molar-refractivity contribution in [2.75, 3.05) is 27.2 Å². The highest BCUT2D eigenvalue weighted by molar-refractivity contribution is 7.87. The van der Waals surface area contributed by atoms with Gasteiger partial charge in [0.2, 0.25) is 0 Å². The van der Waals surface area contributed by atoms with Gasteiger partial charge in [-0.05, 0) is 0 Å². The highest BCUT2D eigenvalue weighted by Gasteiger charge is 2.31. The zero-order valence-electron chi connectivity index (χ0n) is 10.1. The summed E-state index contributed by atoms with van der Waals surface area (Å²) in [6.07, 6.45) is -4.64. The number of nitrogens with one attached hydrogen (secondary N) is 1. The molecule has 0 spiro atoms. The smallest absolute Gasteiger partial charge is 0.402 e. The van der Waals surface area contributed by atoms with E-state index in [1.54, 1.807) is 0 Å². The van der Waals surface area contributed by atoms with Gasteiger partial charge in [0.25, 0.3) is 10.2 Å². The normalized spacial score (nSPS) is 14.6. The Balaban J connectivity index is 4.49. The molecule has 1 atom stereocenters. The van der Waals surface area contributed by atoms with Crippen molar-refractivity contribution in [2.24, 2.45) is 5.92 Å². The molecule has 0 heterocycles. The standard InChI is InChI=1S/C8H15F3N2O4S/c1-6(7(14)17-3)4-13(2)18(15,16)12-5-8(9,10)11/h6,12H,4-5H2,1-3H3. The molecule has 0 bridgehead atoms. The first-order valence-electron chi connectivity index (χ1n) is 4.85. The third-order valence-corrected chi connectivity index (χ3v) is 3.48. The highest BCUT2D eigenvalue weighted by atomic mass is 32.2. The maximum Gasteiger partial charge on any atom is 0.402 e. The number of ether oxygens (including phenoxy) is 1. The molecule has 0 aliphatic carbocycles. The van der Waals surface area contributed by atoms with E-state index >= 15 is 0 Å². The molecule has 0 aromatic rings. The van der Waals surface area contributed by atoms with E-state index < -0.39 is 34.8 Å². The maximum atomic E-state index is 11.9. The van der Waals surface area contributed by atoms with E-state index in [2.05, 4.69) is 4.74 Å². The van der Waals surface area contributed by atoms with Crippen LogP contribution in [-0.4, -0.2) is 52.1 Å². The van der Waals surface area contributed by atoms with Crippen LogP contribution in [-0.2, 0) is 19.7 Å². The van der Waals surface area contributed by atoms with Crippen LogP contribution in [0.4, 0.5) is 13.2 Å². The van der Waals surface area contributed by atoms with Crippen molar-refractivity contribution in [1.29, 1.82) is 0 Å². The first-order chi connectivity index (χ1) is 7.99. The Labute approximate surface area is 103 Å². The molecule has 0 saturated heterocycles. The van der Waals surface area contributed by atoms with E-state index in [9.17, 15) is 26.4 Å². The molecule has 0 amide bonds. The average Bonchev–Trinajstić information content (AvgIpc) is 2.24. The lowest BCUT2D eigenvalue weighted by Gasteiger charge is -2.20. The van der Waals surface area contributed by atoms with Crippen molar-refractivity contribution in [2.45, 2.75) is 13.1 Å². The van der Waals surface area contributed by atoms with E-state index in [0.29, 0.717) is 4.31 Å². The van der Waals surface area contributed by atoms with Crippen LogP contribution in [0.2, 0.25) is 0 Å². The molecular formula is C8H15F3N2O4S. The number of hydrogen-bond acceptors (Lipinski definition) is 4. The first kappa shape index (κ1) is 17.1. The second kappa shape index (κ2) is 6.34. The number of carbonyl (C=O) groups is 1. The number of hydrogen-bond donors (Lipinski definition) is 1. The first-order valence-corrected chi connectivity index (χ1v) is 6.29. The van der Waals surface area contributed by atoms with Gasteiger partial charge in [-0.2, -0.15) is 30.6 Å². The lowest BCUT2D eigenvalue weighted by Crippen LogP contribution is -2.44. The van der Waals surface area contributed by atoms with Gasteiger partial charge in [-0.15, -0.1) is 0 Å². The Morgan fingerprint density at radius 3 is 2.33 bits per heavy atom. The molecule has 0 aliphatic rings. The van der Waals surface area contributed by atoms with Crippen LogP contribution in [0.1, 0.15) is 6.92 Å². The summed E-state index contributed by atoms with van der Waals surface area (Å²) in [5, 5.41) is 0. The largest absolute Gasteiger partial charge is 0.469 e. The second-order valence-corrected chi connectivity index (χ2v) is 5.51. The zero-order valence-corrected chi connectivity index (χ0v) is 10.9. The summed E-state index contributed by atoms with van der Waals surface area (Å²) in [6, 6.07) is 0. The lowest BCUT2D eigenvalue weighted by atomic mass is 10.2. The minimum Gasteiger partial charge on any atom is -0.469 e. The van der Waals surface area contributed by atoms with Crippen molar-refractivity contribution >= 4 is 16.2 Å². The molecule has 0 fully saturated rings. The number of esters is 1. The van der Waals surface area contributed by atoms with Gasteiger partial charge >= 0.3 is 12.1 Å². The molecule has 18 heavy (non-hydrogen) atoms. The Morgan fingerprint density at radius 2 is 1.94 bits per heavy atom. The highest BCUT2D eigenvalue weighted by Crippen LogP contribution is 2.13. The minimum absolute atomic E-state index is 0.278. The Kier molecular flexibility index (Phi) is 6.04. The van der Waals surface area contributed by atoms with Gasteiger partial charge in [0.05, 0.1) is 13.0 Å². The summed E-state index contributed by atoms with van der Waals surface area (Å²) in [5.41, 5.74) is 0. The number of nitrogens with zero attached hydrogens (tertiary/aromatic N) is 1. The van der Waals surface area contributed by atoms with Crippen LogP contribution in [0.3, 0.4) is 0 Å². The van der Waals surface area contributed by atoms with Gasteiger partial charge in [0.1, 0.15) is 6.54 Å². The molecule has 6 nitrogen and oxygen atoms in total. The second-order valence-electron chi connectivity index (χ2n) is 3.65. The van der Waals surface area contributed by atoms with E-state index in [-0.39, 0.29) is 6.54 Å². The maximum absolute atomic E-state index is 11.9. The Hall–Kier alpha value is -0.870. The predicted octanol–water partition coefficient (Wildman–Crippen LogP) is 0.124. The monoisotopic (exact) mass is 292 g/mol. The molecule has 0 aromatic heterocycles. The molecule has 0 radical (unpaired) electrons. The van der Waals surface area contributed by atoms with Gasteiger partial charge in [-0.3, -0.25) is 4.79 Å². The number of halogens is 3. The average molecular weight is 292 g/mol. The summed E-state index contributed by atoms with van der Waals surface area (Å²) in [5.74, 6) is -1.42. The molecule has 1 N–H and O–H groups in total. The minimum atomic E-state index is -4.64. The summed E-state index contributed by atoms with van der Waals surface area (Å²) in [4.78, 5) is 11.0. The van der Waals surface area contributed by atoms with Crippen molar-refractivity contribution in [1.82, 2.24) is 9.03 Å². The van der Waals surface area contributed by atoms with Gasteiger partial charge in [-0.25, -0.2) is 0 Å². The third-order valence-electron chi connectivity index (χ3n) is 2.00. The Bertz CT molecular complexity index is 382.